The third-order valence-electron chi connectivity index (χ3n) is 2.95. The van der Waals surface area contributed by atoms with Gasteiger partial charge in [0.05, 0.1) is 11.6 Å². The van der Waals surface area contributed by atoms with Gasteiger partial charge in [0.1, 0.15) is 29.7 Å². The summed E-state index contributed by atoms with van der Waals surface area (Å²) in [6, 6.07) is 11.0. The average Bonchev–Trinajstić information content (AvgIpc) is 2.56. The molecule has 2 aromatic rings. The molecule has 0 aliphatic rings. The van der Waals surface area contributed by atoms with Gasteiger partial charge in [-0.15, -0.1) is 0 Å². The van der Waals surface area contributed by atoms with Crippen molar-refractivity contribution in [3.8, 4) is 17.2 Å². The Morgan fingerprint density at radius 3 is 2.75 bits per heavy atom. The minimum atomic E-state index is -0.355. The van der Waals surface area contributed by atoms with Crippen LogP contribution in [0.25, 0.3) is 0 Å². The fourth-order valence-corrected chi connectivity index (χ4v) is 2.09. The first-order chi connectivity index (χ1) is 11.7. The van der Waals surface area contributed by atoms with Gasteiger partial charge in [0, 0.05) is 18.3 Å². The van der Waals surface area contributed by atoms with Gasteiger partial charge in [0.15, 0.2) is 0 Å². The van der Waals surface area contributed by atoms with Gasteiger partial charge in [-0.2, -0.15) is 0 Å². The minimum Gasteiger partial charge on any atom is -0.492 e. The fraction of sp³-hybridized carbons (Fsp3) is 0.278. The Bertz CT molecular complexity index is 679. The maximum Gasteiger partial charge on any atom is 0.138 e. The van der Waals surface area contributed by atoms with Gasteiger partial charge in [-0.25, -0.2) is 4.39 Å². The topological polar surface area (TPSA) is 40.0 Å². The number of ether oxygens (including phenoxy) is 2. The summed E-state index contributed by atoms with van der Waals surface area (Å²) in [7, 11) is 0. The van der Waals surface area contributed by atoms with Crippen molar-refractivity contribution in [3.63, 3.8) is 0 Å². The van der Waals surface area contributed by atoms with Crippen LogP contribution in [0.15, 0.2) is 47.6 Å². The maximum absolute atomic E-state index is 13.1. The molecule has 4 nitrogen and oxygen atoms in total. The van der Waals surface area contributed by atoms with Gasteiger partial charge in [0.25, 0.3) is 0 Å². The quantitative estimate of drug-likeness (QED) is 0.342. The van der Waals surface area contributed by atoms with E-state index in [0.717, 1.165) is 12.8 Å². The summed E-state index contributed by atoms with van der Waals surface area (Å²) in [6.45, 7) is 2.96. The van der Waals surface area contributed by atoms with Gasteiger partial charge >= 0.3 is 0 Å². The van der Waals surface area contributed by atoms with Crippen molar-refractivity contribution in [2.75, 3.05) is 13.2 Å². The fourth-order valence-electron chi connectivity index (χ4n) is 1.87. The summed E-state index contributed by atoms with van der Waals surface area (Å²) in [5.41, 5.74) is 0. The summed E-state index contributed by atoms with van der Waals surface area (Å²) in [4.78, 5) is 4.86. The summed E-state index contributed by atoms with van der Waals surface area (Å²) in [6.07, 6.45) is 3.28. The van der Waals surface area contributed by atoms with Crippen molar-refractivity contribution < 1.29 is 18.7 Å². The van der Waals surface area contributed by atoms with Crippen molar-refractivity contribution in [2.24, 2.45) is 5.16 Å². The normalized spacial score (nSPS) is 10.8. The second-order valence-electron chi connectivity index (χ2n) is 4.85. The highest BCUT2D eigenvalue weighted by Gasteiger charge is 2.05. The van der Waals surface area contributed by atoms with Crippen molar-refractivity contribution in [2.45, 2.75) is 19.8 Å². The third-order valence-corrected chi connectivity index (χ3v) is 3.24. The Morgan fingerprint density at radius 2 is 2.00 bits per heavy atom. The highest BCUT2D eigenvalue weighted by Crippen LogP contribution is 2.31. The molecule has 0 unspecified atom stereocenters. The average molecular weight is 352 g/mol. The number of hydrogen-bond donors (Lipinski definition) is 0. The smallest absolute Gasteiger partial charge is 0.138 e. The molecule has 0 aliphatic heterocycles. The van der Waals surface area contributed by atoms with Crippen LogP contribution in [0.4, 0.5) is 4.39 Å². The van der Waals surface area contributed by atoms with Crippen LogP contribution in [-0.2, 0) is 4.84 Å². The van der Waals surface area contributed by atoms with Crippen molar-refractivity contribution in [3.05, 3.63) is 53.3 Å². The van der Waals surface area contributed by atoms with E-state index in [4.69, 9.17) is 25.9 Å². The lowest BCUT2D eigenvalue weighted by Crippen LogP contribution is -1.98. The summed E-state index contributed by atoms with van der Waals surface area (Å²) in [5.74, 6) is 1.14. The van der Waals surface area contributed by atoms with Crippen molar-refractivity contribution in [1.82, 2.24) is 0 Å². The van der Waals surface area contributed by atoms with E-state index >= 15 is 0 Å². The number of nitrogens with zero attached hydrogens (tertiary/aromatic N) is 1. The Kier molecular flexibility index (Phi) is 7.36. The molecule has 0 fully saturated rings. The number of unbranched alkanes of at least 4 members (excludes halogenated alkanes) is 1. The first-order valence-electron chi connectivity index (χ1n) is 7.68. The highest BCUT2D eigenvalue weighted by atomic mass is 35.5. The van der Waals surface area contributed by atoms with E-state index in [2.05, 4.69) is 5.16 Å². The molecule has 24 heavy (non-hydrogen) atoms. The van der Waals surface area contributed by atoms with Crippen LogP contribution in [-0.4, -0.2) is 19.4 Å². The second kappa shape index (κ2) is 9.78. The van der Waals surface area contributed by atoms with Gasteiger partial charge in [-0.3, -0.25) is 0 Å². The molecule has 0 saturated heterocycles. The third kappa shape index (κ3) is 6.08. The van der Waals surface area contributed by atoms with Crippen LogP contribution in [0.3, 0.4) is 0 Å². The molecule has 2 rings (SSSR count). The van der Waals surface area contributed by atoms with E-state index in [0.29, 0.717) is 35.5 Å². The Labute approximate surface area is 145 Å². The van der Waals surface area contributed by atoms with E-state index in [9.17, 15) is 4.39 Å². The van der Waals surface area contributed by atoms with Gasteiger partial charge < -0.3 is 14.3 Å². The SMILES string of the molecule is CCON=CCCCOc1ccc(Oc2cccc(F)c2)cc1Cl. The lowest BCUT2D eigenvalue weighted by atomic mass is 10.3. The van der Waals surface area contributed by atoms with Crippen LogP contribution >= 0.6 is 11.6 Å². The molecule has 128 valence electrons. The van der Waals surface area contributed by atoms with Crippen LogP contribution < -0.4 is 9.47 Å². The van der Waals surface area contributed by atoms with Crippen LogP contribution in [0.2, 0.25) is 5.02 Å². The zero-order valence-electron chi connectivity index (χ0n) is 13.4. The number of halogens is 2. The van der Waals surface area contributed by atoms with Gasteiger partial charge in [0.2, 0.25) is 0 Å². The predicted octanol–water partition coefficient (Wildman–Crippen LogP) is 5.45. The summed E-state index contributed by atoms with van der Waals surface area (Å²) < 4.78 is 24.3. The molecule has 2 aromatic carbocycles. The monoisotopic (exact) mass is 351 g/mol. The van der Waals surface area contributed by atoms with Gasteiger partial charge in [-0.05, 0) is 44.0 Å². The first-order valence-corrected chi connectivity index (χ1v) is 8.06. The molecule has 0 heterocycles. The van der Waals surface area contributed by atoms with Crippen LogP contribution in [0.1, 0.15) is 19.8 Å². The molecule has 0 atom stereocenters. The Hall–Kier alpha value is -2.27. The zero-order valence-corrected chi connectivity index (χ0v) is 14.1. The van der Waals surface area contributed by atoms with E-state index in [1.807, 2.05) is 6.92 Å². The largest absolute Gasteiger partial charge is 0.492 e. The molecule has 0 spiro atoms. The van der Waals surface area contributed by atoms with E-state index in [1.165, 1.54) is 12.1 Å². The molecule has 0 bridgehead atoms. The molecule has 0 amide bonds. The number of oxime groups is 1. The van der Waals surface area contributed by atoms with Crippen LogP contribution in [0.5, 0.6) is 17.2 Å². The minimum absolute atomic E-state index is 0.355. The first kappa shape index (κ1) is 18.1. The van der Waals surface area contributed by atoms with E-state index in [1.54, 1.807) is 36.5 Å². The zero-order chi connectivity index (χ0) is 17.2. The van der Waals surface area contributed by atoms with E-state index in [-0.39, 0.29) is 5.82 Å². The lowest BCUT2D eigenvalue weighted by Gasteiger charge is -2.10. The molecule has 0 aliphatic carbocycles. The van der Waals surface area contributed by atoms with Crippen molar-refractivity contribution >= 4 is 17.8 Å². The molecule has 0 radical (unpaired) electrons. The molecule has 0 N–H and O–H groups in total. The predicted molar refractivity (Wildman–Crippen MR) is 92.8 cm³/mol. The second-order valence-corrected chi connectivity index (χ2v) is 5.26. The van der Waals surface area contributed by atoms with Gasteiger partial charge in [-0.1, -0.05) is 22.8 Å². The molecule has 0 aromatic heterocycles. The Balaban J connectivity index is 1.83. The number of hydrogen-bond acceptors (Lipinski definition) is 4. The highest BCUT2D eigenvalue weighted by molar-refractivity contribution is 6.32. The molecule has 6 heteroatoms. The van der Waals surface area contributed by atoms with E-state index < -0.39 is 0 Å². The van der Waals surface area contributed by atoms with Crippen molar-refractivity contribution in [1.29, 1.82) is 0 Å². The standard InChI is InChI=1S/C18H19ClFNO3/c1-2-23-21-10-3-4-11-22-18-9-8-16(13-17(18)19)24-15-7-5-6-14(20)12-15/h5-10,12-13H,2-4,11H2,1H3. The summed E-state index contributed by atoms with van der Waals surface area (Å²) in [5, 5.41) is 4.20. The Morgan fingerprint density at radius 1 is 1.17 bits per heavy atom. The number of benzene rings is 2. The molecular formula is C18H19ClFNO3. The number of rotatable bonds is 9. The molecule has 0 saturated carbocycles. The summed E-state index contributed by atoms with van der Waals surface area (Å²) >= 11 is 6.18. The maximum atomic E-state index is 13.1. The lowest BCUT2D eigenvalue weighted by molar-refractivity contribution is 0.159. The van der Waals surface area contributed by atoms with Crippen LogP contribution in [0, 0.1) is 5.82 Å². The molecular weight excluding hydrogens is 333 g/mol.